The maximum absolute atomic E-state index is 14.5. The van der Waals surface area contributed by atoms with Crippen molar-refractivity contribution < 1.29 is 18.3 Å². The standard InChI is InChI=1S/C23H32F2N2O2/c24-19-4-1-3-17(13-19)16-5-7-20(8-6-16)29-15-18-14-27(12-9-21(18)26)22(28)23(25)10-2-11-23/h1,3-4,13,16,18,20-21H,2,5-12,14-15,26H2/t16-,18?,20+,21?. The summed E-state index contributed by atoms with van der Waals surface area (Å²) in [5.74, 6) is -0.0874. The third-order valence-corrected chi connectivity index (χ3v) is 7.15. The number of halogens is 2. The lowest BCUT2D eigenvalue weighted by Gasteiger charge is -2.42. The molecule has 4 rings (SSSR count). The van der Waals surface area contributed by atoms with E-state index in [1.165, 1.54) is 6.07 Å². The molecule has 0 spiro atoms. The number of benzene rings is 1. The van der Waals surface area contributed by atoms with E-state index in [9.17, 15) is 13.6 Å². The van der Waals surface area contributed by atoms with Crippen molar-refractivity contribution >= 4 is 5.91 Å². The molecule has 1 saturated heterocycles. The van der Waals surface area contributed by atoms with Gasteiger partial charge in [0.2, 0.25) is 0 Å². The molecule has 1 aliphatic heterocycles. The molecular weight excluding hydrogens is 374 g/mol. The number of carbonyl (C=O) groups excluding carboxylic acids is 1. The molecule has 2 unspecified atom stereocenters. The molecule has 0 aromatic heterocycles. The number of nitrogens with zero attached hydrogens (tertiary/aromatic N) is 1. The van der Waals surface area contributed by atoms with Crippen molar-refractivity contribution in [3.8, 4) is 0 Å². The number of nitrogens with two attached hydrogens (primary N) is 1. The van der Waals surface area contributed by atoms with Crippen LogP contribution >= 0.6 is 0 Å². The predicted molar refractivity (Wildman–Crippen MR) is 108 cm³/mol. The van der Waals surface area contributed by atoms with E-state index in [0.717, 1.165) is 37.7 Å². The Labute approximate surface area is 171 Å². The summed E-state index contributed by atoms with van der Waals surface area (Å²) in [6, 6.07) is 6.88. The first-order valence-electron chi connectivity index (χ1n) is 11.1. The van der Waals surface area contributed by atoms with Crippen molar-refractivity contribution in [2.75, 3.05) is 19.7 Å². The Morgan fingerprint density at radius 1 is 1.21 bits per heavy atom. The minimum absolute atomic E-state index is 0.0142. The molecule has 1 aromatic rings. The van der Waals surface area contributed by atoms with Crippen LogP contribution in [-0.2, 0) is 9.53 Å². The van der Waals surface area contributed by atoms with Crippen molar-refractivity contribution in [2.45, 2.75) is 75.1 Å². The summed E-state index contributed by atoms with van der Waals surface area (Å²) in [5, 5.41) is 0. The Hall–Kier alpha value is -1.53. The zero-order valence-electron chi connectivity index (χ0n) is 17.0. The highest BCUT2D eigenvalue weighted by Crippen LogP contribution is 2.38. The minimum Gasteiger partial charge on any atom is -0.378 e. The molecule has 0 radical (unpaired) electrons. The fourth-order valence-electron chi connectivity index (χ4n) is 4.98. The smallest absolute Gasteiger partial charge is 0.260 e. The van der Waals surface area contributed by atoms with Crippen LogP contribution in [0.2, 0.25) is 0 Å². The summed E-state index contributed by atoms with van der Waals surface area (Å²) in [6.45, 7) is 1.55. The number of likely N-dealkylation sites (tertiary alicyclic amines) is 1. The summed E-state index contributed by atoms with van der Waals surface area (Å²) < 4.78 is 34.1. The lowest BCUT2D eigenvalue weighted by Crippen LogP contribution is -2.57. The second kappa shape index (κ2) is 8.68. The molecule has 2 saturated carbocycles. The van der Waals surface area contributed by atoms with Gasteiger partial charge in [0.25, 0.3) is 5.91 Å². The van der Waals surface area contributed by atoms with E-state index in [1.807, 2.05) is 6.07 Å². The van der Waals surface area contributed by atoms with Crippen LogP contribution in [0.3, 0.4) is 0 Å². The largest absolute Gasteiger partial charge is 0.378 e. The van der Waals surface area contributed by atoms with Crippen molar-refractivity contribution in [1.82, 2.24) is 4.90 Å². The van der Waals surface area contributed by atoms with E-state index in [1.54, 1.807) is 17.0 Å². The fourth-order valence-corrected chi connectivity index (χ4v) is 4.98. The molecule has 0 bridgehead atoms. The van der Waals surface area contributed by atoms with Crippen LogP contribution in [0.4, 0.5) is 8.78 Å². The van der Waals surface area contributed by atoms with Gasteiger partial charge in [-0.2, -0.15) is 0 Å². The van der Waals surface area contributed by atoms with Crippen molar-refractivity contribution in [3.05, 3.63) is 35.6 Å². The number of ether oxygens (including phenoxy) is 1. The summed E-state index contributed by atoms with van der Waals surface area (Å²) in [5.41, 5.74) is 5.71. The van der Waals surface area contributed by atoms with Gasteiger partial charge in [-0.3, -0.25) is 4.79 Å². The summed E-state index contributed by atoms with van der Waals surface area (Å²) in [7, 11) is 0. The van der Waals surface area contributed by atoms with E-state index in [-0.39, 0.29) is 29.8 Å². The molecule has 1 amide bonds. The lowest BCUT2D eigenvalue weighted by molar-refractivity contribution is -0.152. The zero-order valence-corrected chi connectivity index (χ0v) is 17.0. The van der Waals surface area contributed by atoms with Gasteiger partial charge in [-0.25, -0.2) is 8.78 Å². The molecule has 160 valence electrons. The number of carbonyl (C=O) groups is 1. The van der Waals surface area contributed by atoms with E-state index < -0.39 is 5.67 Å². The van der Waals surface area contributed by atoms with Crippen molar-refractivity contribution in [1.29, 1.82) is 0 Å². The number of hydrogen-bond donors (Lipinski definition) is 1. The SMILES string of the molecule is NC1CCN(C(=O)C2(F)CCC2)CC1CO[C@H]1CC[C@@H](c2cccc(F)c2)CC1. The van der Waals surface area contributed by atoms with Crippen LogP contribution in [0.15, 0.2) is 24.3 Å². The predicted octanol–water partition coefficient (Wildman–Crippen LogP) is 3.94. The molecule has 2 N–H and O–H groups in total. The van der Waals surface area contributed by atoms with E-state index >= 15 is 0 Å². The Morgan fingerprint density at radius 2 is 1.97 bits per heavy atom. The van der Waals surface area contributed by atoms with E-state index in [2.05, 4.69) is 0 Å². The van der Waals surface area contributed by atoms with E-state index in [4.69, 9.17) is 10.5 Å². The molecule has 2 atom stereocenters. The quantitative estimate of drug-likeness (QED) is 0.806. The van der Waals surface area contributed by atoms with Crippen molar-refractivity contribution in [3.63, 3.8) is 0 Å². The highest BCUT2D eigenvalue weighted by atomic mass is 19.1. The molecule has 3 aliphatic rings. The molecule has 6 heteroatoms. The second-order valence-corrected chi connectivity index (χ2v) is 9.14. The number of rotatable bonds is 5. The Morgan fingerprint density at radius 3 is 2.62 bits per heavy atom. The van der Waals surface area contributed by atoms with Crippen molar-refractivity contribution in [2.24, 2.45) is 11.7 Å². The van der Waals surface area contributed by atoms with Crippen LogP contribution in [0, 0.1) is 11.7 Å². The average molecular weight is 407 g/mol. The first-order chi connectivity index (χ1) is 13.9. The van der Waals surface area contributed by atoms with Crippen LogP contribution in [0.5, 0.6) is 0 Å². The molecule has 29 heavy (non-hydrogen) atoms. The van der Waals surface area contributed by atoms with Gasteiger partial charge in [-0.15, -0.1) is 0 Å². The van der Waals surface area contributed by atoms with Gasteiger partial charge in [-0.05, 0) is 75.0 Å². The normalized spacial score (nSPS) is 31.9. The summed E-state index contributed by atoms with van der Waals surface area (Å²) in [6.07, 6.45) is 6.23. The topological polar surface area (TPSA) is 55.6 Å². The minimum atomic E-state index is -1.64. The number of alkyl halides is 1. The first kappa shape index (κ1) is 20.7. The Kier molecular flexibility index (Phi) is 6.21. The number of hydrogen-bond acceptors (Lipinski definition) is 3. The zero-order chi connectivity index (χ0) is 20.4. The van der Waals surface area contributed by atoms with Gasteiger partial charge in [0, 0.05) is 25.0 Å². The number of amides is 1. The molecule has 4 nitrogen and oxygen atoms in total. The summed E-state index contributed by atoms with van der Waals surface area (Å²) in [4.78, 5) is 14.2. The Bertz CT molecular complexity index is 717. The van der Waals surface area contributed by atoms with Gasteiger partial charge in [0.05, 0.1) is 12.7 Å². The fraction of sp³-hybridized carbons (Fsp3) is 0.696. The van der Waals surface area contributed by atoms with Crippen LogP contribution < -0.4 is 5.73 Å². The monoisotopic (exact) mass is 406 g/mol. The van der Waals surface area contributed by atoms with E-state index in [0.29, 0.717) is 44.9 Å². The van der Waals surface area contributed by atoms with Crippen LogP contribution in [0.1, 0.15) is 62.8 Å². The number of piperidine rings is 1. The maximum atomic E-state index is 14.5. The van der Waals surface area contributed by atoms with Crippen LogP contribution in [0.25, 0.3) is 0 Å². The van der Waals surface area contributed by atoms with Gasteiger partial charge in [0.15, 0.2) is 5.67 Å². The molecule has 2 aliphatic carbocycles. The third kappa shape index (κ3) is 4.64. The van der Waals surface area contributed by atoms with Gasteiger partial charge < -0.3 is 15.4 Å². The average Bonchev–Trinajstić information content (AvgIpc) is 2.71. The highest BCUT2D eigenvalue weighted by Gasteiger charge is 2.48. The molecular formula is C23H32F2N2O2. The third-order valence-electron chi connectivity index (χ3n) is 7.15. The van der Waals surface area contributed by atoms with Gasteiger partial charge >= 0.3 is 0 Å². The summed E-state index contributed by atoms with van der Waals surface area (Å²) >= 11 is 0. The first-order valence-corrected chi connectivity index (χ1v) is 11.1. The lowest BCUT2D eigenvalue weighted by atomic mass is 9.80. The molecule has 1 aromatic carbocycles. The van der Waals surface area contributed by atoms with Gasteiger partial charge in [-0.1, -0.05) is 12.1 Å². The van der Waals surface area contributed by atoms with Gasteiger partial charge in [0.1, 0.15) is 5.82 Å². The highest BCUT2D eigenvalue weighted by molar-refractivity contribution is 5.86. The second-order valence-electron chi connectivity index (χ2n) is 9.14. The van der Waals surface area contributed by atoms with Crippen LogP contribution in [-0.4, -0.2) is 48.3 Å². The molecule has 3 fully saturated rings. The maximum Gasteiger partial charge on any atom is 0.260 e. The Balaban J connectivity index is 1.25. The molecule has 1 heterocycles.